The lowest BCUT2D eigenvalue weighted by Crippen LogP contribution is -2.13. The number of pyridine rings is 1. The van der Waals surface area contributed by atoms with Gasteiger partial charge in [0.15, 0.2) is 0 Å². The zero-order valence-electron chi connectivity index (χ0n) is 15.8. The van der Waals surface area contributed by atoms with Gasteiger partial charge in [0.1, 0.15) is 17.2 Å². The molecule has 2 heterocycles. The lowest BCUT2D eigenvalue weighted by molar-refractivity contribution is -0.112. The van der Waals surface area contributed by atoms with Crippen LogP contribution in [0.1, 0.15) is 21.5 Å². The van der Waals surface area contributed by atoms with Gasteiger partial charge >= 0.3 is 0 Å². The van der Waals surface area contributed by atoms with Crippen molar-refractivity contribution >= 4 is 40.3 Å². The molecule has 30 heavy (non-hydrogen) atoms. The predicted molar refractivity (Wildman–Crippen MR) is 116 cm³/mol. The molecule has 0 bridgehead atoms. The average molecular weight is 398 g/mol. The van der Waals surface area contributed by atoms with E-state index in [1.165, 1.54) is 12.1 Å². The topological polar surface area (TPSA) is 121 Å². The Hall–Kier alpha value is -4.39. The second-order valence-electron chi connectivity index (χ2n) is 6.63. The van der Waals surface area contributed by atoms with Gasteiger partial charge in [-0.3, -0.25) is 9.59 Å². The van der Waals surface area contributed by atoms with Crippen LogP contribution in [0.4, 0.5) is 5.82 Å². The number of nitrogens with zero attached hydrogens (tertiary/aromatic N) is 1. The third-order valence-corrected chi connectivity index (χ3v) is 4.57. The summed E-state index contributed by atoms with van der Waals surface area (Å²) in [5.74, 6) is -0.551. The first-order chi connectivity index (χ1) is 14.5. The van der Waals surface area contributed by atoms with Gasteiger partial charge in [0.05, 0.1) is 0 Å². The van der Waals surface area contributed by atoms with E-state index in [2.05, 4.69) is 15.3 Å². The number of nitrogens with two attached hydrogens (primary N) is 1. The van der Waals surface area contributed by atoms with Crippen LogP contribution in [0.5, 0.6) is 5.75 Å². The summed E-state index contributed by atoms with van der Waals surface area (Å²) in [6.07, 6.45) is 3.44. The smallest absolute Gasteiger partial charge is 0.256 e. The van der Waals surface area contributed by atoms with Gasteiger partial charge in [-0.25, -0.2) is 4.98 Å². The Kier molecular flexibility index (Phi) is 5.00. The summed E-state index contributed by atoms with van der Waals surface area (Å²) < 4.78 is 0. The van der Waals surface area contributed by atoms with Crippen LogP contribution in [-0.4, -0.2) is 26.9 Å². The molecule has 0 atom stereocenters. The molecule has 0 aliphatic rings. The number of nitrogens with one attached hydrogen (secondary N) is 2. The highest BCUT2D eigenvalue weighted by Gasteiger charge is 2.12. The van der Waals surface area contributed by atoms with E-state index in [-0.39, 0.29) is 11.7 Å². The molecular formula is C23H18N4O3. The van der Waals surface area contributed by atoms with Crippen molar-refractivity contribution in [3.63, 3.8) is 0 Å². The molecule has 4 aromatic rings. The fourth-order valence-corrected chi connectivity index (χ4v) is 3.12. The number of aromatic amines is 1. The number of carbonyl (C=O) groups excluding carboxylic acids is 2. The lowest BCUT2D eigenvalue weighted by Gasteiger charge is -2.05. The van der Waals surface area contributed by atoms with Crippen molar-refractivity contribution in [2.45, 2.75) is 0 Å². The molecule has 7 nitrogen and oxygen atoms in total. The van der Waals surface area contributed by atoms with Crippen LogP contribution in [0.15, 0.2) is 72.9 Å². The third-order valence-electron chi connectivity index (χ3n) is 4.57. The highest BCUT2D eigenvalue weighted by molar-refractivity contribution is 6.24. The van der Waals surface area contributed by atoms with Crippen molar-refractivity contribution in [3.8, 4) is 5.75 Å². The number of fused-ring (bicyclic) bond motifs is 1. The van der Waals surface area contributed by atoms with Crippen molar-refractivity contribution in [2.24, 2.45) is 5.73 Å². The van der Waals surface area contributed by atoms with Crippen LogP contribution >= 0.6 is 0 Å². The van der Waals surface area contributed by atoms with Crippen LogP contribution in [0.2, 0.25) is 0 Å². The first-order valence-electron chi connectivity index (χ1n) is 9.17. The van der Waals surface area contributed by atoms with Crippen LogP contribution in [0.25, 0.3) is 22.7 Å². The van der Waals surface area contributed by atoms with E-state index < -0.39 is 5.91 Å². The van der Waals surface area contributed by atoms with Crippen LogP contribution in [-0.2, 0) is 4.79 Å². The van der Waals surface area contributed by atoms with E-state index in [4.69, 9.17) is 5.73 Å². The molecular weight excluding hydrogens is 380 g/mol. The maximum absolute atomic E-state index is 12.4. The Labute approximate surface area is 171 Å². The van der Waals surface area contributed by atoms with Crippen molar-refractivity contribution in [3.05, 3.63) is 89.6 Å². The Morgan fingerprint density at radius 2 is 1.77 bits per heavy atom. The van der Waals surface area contributed by atoms with Crippen LogP contribution < -0.4 is 11.1 Å². The number of primary amides is 1. The Morgan fingerprint density at radius 1 is 1.00 bits per heavy atom. The maximum Gasteiger partial charge on any atom is 0.256 e. The highest BCUT2D eigenvalue weighted by Crippen LogP contribution is 2.25. The van der Waals surface area contributed by atoms with Gasteiger partial charge in [-0.2, -0.15) is 0 Å². The van der Waals surface area contributed by atoms with Gasteiger partial charge in [-0.05, 0) is 42.0 Å². The number of benzene rings is 2. The van der Waals surface area contributed by atoms with Gasteiger partial charge in [0.25, 0.3) is 5.91 Å². The van der Waals surface area contributed by atoms with Crippen LogP contribution in [0, 0.1) is 0 Å². The SMILES string of the molecule is NC(=O)C(=Cc1c[nH]c2nc(NC(=O)c3cccc(O)c3)ccc12)c1ccccc1. The molecule has 0 fully saturated rings. The van der Waals surface area contributed by atoms with Gasteiger partial charge in [0.2, 0.25) is 5.91 Å². The zero-order valence-corrected chi connectivity index (χ0v) is 15.8. The summed E-state index contributed by atoms with van der Waals surface area (Å²) in [7, 11) is 0. The van der Waals surface area contributed by atoms with Crippen molar-refractivity contribution < 1.29 is 14.7 Å². The summed E-state index contributed by atoms with van der Waals surface area (Å²) in [6, 6.07) is 18.7. The number of aromatic nitrogens is 2. The lowest BCUT2D eigenvalue weighted by atomic mass is 10.0. The zero-order chi connectivity index (χ0) is 21.1. The summed E-state index contributed by atoms with van der Waals surface area (Å²) in [5.41, 5.74) is 8.31. The van der Waals surface area contributed by atoms with Gasteiger partial charge in [-0.15, -0.1) is 0 Å². The van der Waals surface area contributed by atoms with E-state index in [0.717, 1.165) is 16.5 Å². The Bertz CT molecular complexity index is 1280. The van der Waals surface area contributed by atoms with E-state index in [1.807, 2.05) is 30.3 Å². The quantitative estimate of drug-likeness (QED) is 0.384. The number of hydrogen-bond acceptors (Lipinski definition) is 4. The standard InChI is InChI=1S/C23H18N4O3/c24-21(29)19(14-5-2-1-3-6-14)12-16-13-25-22-18(16)9-10-20(26-22)27-23(30)15-7-4-8-17(28)11-15/h1-13,28H,(H2,24,29)(H2,25,26,27,30). The monoisotopic (exact) mass is 398 g/mol. The molecule has 0 spiro atoms. The van der Waals surface area contributed by atoms with Crippen molar-refractivity contribution in [1.29, 1.82) is 0 Å². The first-order valence-corrected chi connectivity index (χ1v) is 9.17. The summed E-state index contributed by atoms with van der Waals surface area (Å²) in [6.45, 7) is 0. The number of aromatic hydroxyl groups is 1. The van der Waals surface area contributed by atoms with Crippen LogP contribution in [0.3, 0.4) is 0 Å². The summed E-state index contributed by atoms with van der Waals surface area (Å²) >= 11 is 0. The number of phenols is 1. The summed E-state index contributed by atoms with van der Waals surface area (Å²) in [4.78, 5) is 31.8. The van der Waals surface area contributed by atoms with E-state index in [9.17, 15) is 14.7 Å². The van der Waals surface area contributed by atoms with Gasteiger partial charge < -0.3 is 21.1 Å². The number of amides is 2. The largest absolute Gasteiger partial charge is 0.508 e. The predicted octanol–water partition coefficient (Wildman–Crippen LogP) is 3.55. The third kappa shape index (κ3) is 3.90. The van der Waals surface area contributed by atoms with Gasteiger partial charge in [-0.1, -0.05) is 36.4 Å². The molecule has 148 valence electrons. The first kappa shape index (κ1) is 18.9. The molecule has 2 aromatic heterocycles. The molecule has 0 saturated heterocycles. The molecule has 2 amide bonds. The summed E-state index contributed by atoms with van der Waals surface area (Å²) in [5, 5.41) is 13.0. The highest BCUT2D eigenvalue weighted by atomic mass is 16.3. The van der Waals surface area contributed by atoms with Crippen molar-refractivity contribution in [2.75, 3.05) is 5.32 Å². The average Bonchev–Trinajstić information content (AvgIpc) is 3.14. The molecule has 0 saturated carbocycles. The normalized spacial score (nSPS) is 11.4. The fraction of sp³-hybridized carbons (Fsp3) is 0. The fourth-order valence-electron chi connectivity index (χ4n) is 3.12. The number of phenolic OH excluding ortho intramolecular Hbond substituents is 1. The minimum atomic E-state index is -0.529. The Morgan fingerprint density at radius 3 is 2.50 bits per heavy atom. The van der Waals surface area contributed by atoms with E-state index in [0.29, 0.717) is 22.6 Å². The van der Waals surface area contributed by atoms with Gasteiger partial charge in [0, 0.05) is 28.3 Å². The second-order valence-corrected chi connectivity index (χ2v) is 6.63. The molecule has 4 rings (SSSR count). The molecule has 0 unspecified atom stereocenters. The van der Waals surface area contributed by atoms with E-state index >= 15 is 0 Å². The second kappa shape index (κ2) is 7.92. The molecule has 0 radical (unpaired) electrons. The minimum Gasteiger partial charge on any atom is -0.508 e. The van der Waals surface area contributed by atoms with Crippen molar-refractivity contribution in [1.82, 2.24) is 9.97 Å². The maximum atomic E-state index is 12.4. The number of hydrogen-bond donors (Lipinski definition) is 4. The number of H-pyrrole nitrogens is 1. The number of anilines is 1. The minimum absolute atomic E-state index is 0.00975. The van der Waals surface area contributed by atoms with E-state index in [1.54, 1.807) is 36.5 Å². The Balaban J connectivity index is 1.64. The molecule has 5 N–H and O–H groups in total. The molecule has 0 aliphatic heterocycles. The number of carbonyl (C=O) groups is 2. The molecule has 7 heteroatoms. The molecule has 2 aromatic carbocycles. The number of rotatable bonds is 5. The molecule has 0 aliphatic carbocycles.